The summed E-state index contributed by atoms with van der Waals surface area (Å²) in [6, 6.07) is 0.589. The molecule has 2 atom stereocenters. The average Bonchev–Trinajstić information content (AvgIpc) is 2.71. The molecule has 0 saturated heterocycles. The molecule has 0 aromatic rings. The third kappa shape index (κ3) is 1.96. The summed E-state index contributed by atoms with van der Waals surface area (Å²) in [6.07, 6.45) is 12.2. The van der Waals surface area contributed by atoms with Gasteiger partial charge in [-0.3, -0.25) is 4.79 Å². The van der Waals surface area contributed by atoms with E-state index in [4.69, 9.17) is 5.11 Å². The fourth-order valence-corrected chi connectivity index (χ4v) is 3.88. The molecule has 1 fully saturated rings. The maximum Gasteiger partial charge on any atom is 0.305 e. The number of hydrogen-bond donors (Lipinski definition) is 1. The minimum absolute atomic E-state index is 0.268. The number of hydrogen-bond acceptors (Lipinski definition) is 2. The van der Waals surface area contributed by atoms with Gasteiger partial charge in [0.25, 0.3) is 0 Å². The highest BCUT2D eigenvalue weighted by Crippen LogP contribution is 2.45. The lowest BCUT2D eigenvalue weighted by atomic mass is 9.81. The molecule has 0 spiro atoms. The molecule has 3 rings (SSSR count). The van der Waals surface area contributed by atoms with E-state index in [0.717, 1.165) is 12.8 Å². The summed E-state index contributed by atoms with van der Waals surface area (Å²) in [4.78, 5) is 13.2. The van der Waals surface area contributed by atoms with Crippen molar-refractivity contribution in [1.29, 1.82) is 0 Å². The Bertz CT molecular complexity index is 411. The standard InChI is InChI=1S/C15H21NO2/c17-15(18)9-10-16-13-7-3-1-5-11(13)12-6-2-4-8-14(12)16/h1,5,12,14H,2-4,6-10H2,(H,17,18)/t12-,14-/m0/s1. The first-order valence-corrected chi connectivity index (χ1v) is 7.15. The molecule has 0 bridgehead atoms. The van der Waals surface area contributed by atoms with Crippen molar-refractivity contribution in [2.24, 2.45) is 5.92 Å². The third-order valence-corrected chi connectivity index (χ3v) is 4.62. The maximum atomic E-state index is 10.8. The van der Waals surface area contributed by atoms with Crippen LogP contribution in [0.4, 0.5) is 0 Å². The van der Waals surface area contributed by atoms with Gasteiger partial charge in [-0.05, 0) is 31.3 Å². The van der Waals surface area contributed by atoms with Crippen LogP contribution < -0.4 is 0 Å². The van der Waals surface area contributed by atoms with Crippen molar-refractivity contribution in [2.75, 3.05) is 6.54 Å². The predicted octanol–water partition coefficient (Wildman–Crippen LogP) is 2.94. The summed E-state index contributed by atoms with van der Waals surface area (Å²) in [5.41, 5.74) is 2.98. The zero-order chi connectivity index (χ0) is 12.5. The first-order chi connectivity index (χ1) is 8.77. The molecule has 18 heavy (non-hydrogen) atoms. The number of aliphatic carboxylic acids is 1. The summed E-state index contributed by atoms with van der Waals surface area (Å²) in [5.74, 6) is 0.00172. The maximum absolute atomic E-state index is 10.8. The summed E-state index contributed by atoms with van der Waals surface area (Å²) in [6.45, 7) is 0.698. The van der Waals surface area contributed by atoms with Gasteiger partial charge in [0.15, 0.2) is 0 Å². The highest BCUT2D eigenvalue weighted by molar-refractivity contribution is 5.67. The second-order valence-electron chi connectivity index (χ2n) is 5.64. The Morgan fingerprint density at radius 2 is 2.22 bits per heavy atom. The van der Waals surface area contributed by atoms with Crippen LogP contribution in [-0.2, 0) is 4.79 Å². The largest absolute Gasteiger partial charge is 0.481 e. The summed E-state index contributed by atoms with van der Waals surface area (Å²) in [7, 11) is 0. The summed E-state index contributed by atoms with van der Waals surface area (Å²) >= 11 is 0. The molecular weight excluding hydrogens is 226 g/mol. The molecule has 3 heteroatoms. The van der Waals surface area contributed by atoms with Gasteiger partial charge >= 0.3 is 5.97 Å². The van der Waals surface area contributed by atoms with Crippen LogP contribution in [0.3, 0.4) is 0 Å². The zero-order valence-corrected chi connectivity index (χ0v) is 10.8. The highest BCUT2D eigenvalue weighted by atomic mass is 16.4. The van der Waals surface area contributed by atoms with Crippen molar-refractivity contribution in [3.05, 3.63) is 23.4 Å². The normalized spacial score (nSPS) is 30.3. The second-order valence-corrected chi connectivity index (χ2v) is 5.64. The van der Waals surface area contributed by atoms with Crippen molar-refractivity contribution < 1.29 is 9.90 Å². The van der Waals surface area contributed by atoms with Gasteiger partial charge in [0, 0.05) is 24.2 Å². The molecule has 0 aromatic heterocycles. The fourth-order valence-electron chi connectivity index (χ4n) is 3.88. The molecule has 1 saturated carbocycles. The van der Waals surface area contributed by atoms with Crippen molar-refractivity contribution in [2.45, 2.75) is 51.0 Å². The smallest absolute Gasteiger partial charge is 0.305 e. The molecule has 98 valence electrons. The van der Waals surface area contributed by atoms with E-state index in [0.29, 0.717) is 18.5 Å². The van der Waals surface area contributed by atoms with Crippen molar-refractivity contribution in [3.63, 3.8) is 0 Å². The minimum atomic E-state index is -0.678. The molecular formula is C15H21NO2. The molecule has 1 N–H and O–H groups in total. The number of nitrogens with zero attached hydrogens (tertiary/aromatic N) is 1. The number of carbonyl (C=O) groups is 1. The van der Waals surface area contributed by atoms with E-state index in [1.54, 1.807) is 0 Å². The number of allylic oxidation sites excluding steroid dienone is 3. The van der Waals surface area contributed by atoms with Crippen LogP contribution >= 0.6 is 0 Å². The fraction of sp³-hybridized carbons (Fsp3) is 0.667. The Kier molecular flexibility index (Phi) is 3.14. The number of carboxylic acid groups (broad SMARTS) is 1. The van der Waals surface area contributed by atoms with Gasteiger partial charge in [-0.1, -0.05) is 25.0 Å². The Hall–Kier alpha value is -1.25. The second kappa shape index (κ2) is 4.79. The number of carboxylic acids is 1. The Balaban J connectivity index is 1.83. The topological polar surface area (TPSA) is 40.5 Å². The first-order valence-electron chi connectivity index (χ1n) is 7.15. The van der Waals surface area contributed by atoms with E-state index in [-0.39, 0.29) is 6.42 Å². The van der Waals surface area contributed by atoms with Gasteiger partial charge < -0.3 is 10.0 Å². The zero-order valence-electron chi connectivity index (χ0n) is 10.8. The lowest BCUT2D eigenvalue weighted by Gasteiger charge is -2.35. The van der Waals surface area contributed by atoms with Crippen LogP contribution in [0, 0.1) is 5.92 Å². The molecule has 3 aliphatic rings. The molecule has 0 aromatic carbocycles. The van der Waals surface area contributed by atoms with E-state index in [2.05, 4.69) is 17.1 Å². The molecule has 0 amide bonds. The van der Waals surface area contributed by atoms with E-state index >= 15 is 0 Å². The molecule has 0 unspecified atom stereocenters. The van der Waals surface area contributed by atoms with Crippen LogP contribution in [0.15, 0.2) is 23.4 Å². The Morgan fingerprint density at radius 3 is 3.06 bits per heavy atom. The highest BCUT2D eigenvalue weighted by Gasteiger charge is 2.40. The molecule has 2 aliphatic carbocycles. The van der Waals surface area contributed by atoms with E-state index < -0.39 is 5.97 Å². The van der Waals surface area contributed by atoms with E-state index in [9.17, 15) is 4.79 Å². The molecule has 3 nitrogen and oxygen atoms in total. The van der Waals surface area contributed by atoms with Crippen LogP contribution in [0.2, 0.25) is 0 Å². The monoisotopic (exact) mass is 247 g/mol. The van der Waals surface area contributed by atoms with Crippen LogP contribution in [0.1, 0.15) is 44.9 Å². The SMILES string of the molecule is O=C(O)CCN1C2=C(C=CCC2)[C@@H]2CCCC[C@@H]21. The predicted molar refractivity (Wildman–Crippen MR) is 70.1 cm³/mol. The number of rotatable bonds is 3. The molecule has 1 heterocycles. The third-order valence-electron chi connectivity index (χ3n) is 4.62. The Morgan fingerprint density at radius 1 is 1.39 bits per heavy atom. The Labute approximate surface area is 108 Å². The van der Waals surface area contributed by atoms with Crippen LogP contribution in [0.5, 0.6) is 0 Å². The van der Waals surface area contributed by atoms with E-state index in [1.165, 1.54) is 37.0 Å². The lowest BCUT2D eigenvalue weighted by molar-refractivity contribution is -0.137. The lowest BCUT2D eigenvalue weighted by Crippen LogP contribution is -2.37. The van der Waals surface area contributed by atoms with Crippen molar-refractivity contribution >= 4 is 5.97 Å². The van der Waals surface area contributed by atoms with Crippen molar-refractivity contribution in [3.8, 4) is 0 Å². The summed E-state index contributed by atoms with van der Waals surface area (Å²) < 4.78 is 0. The van der Waals surface area contributed by atoms with E-state index in [1.807, 2.05) is 0 Å². The van der Waals surface area contributed by atoms with Gasteiger partial charge in [0.05, 0.1) is 6.42 Å². The van der Waals surface area contributed by atoms with Crippen LogP contribution in [-0.4, -0.2) is 28.6 Å². The van der Waals surface area contributed by atoms with Gasteiger partial charge in [0.1, 0.15) is 0 Å². The van der Waals surface area contributed by atoms with Crippen LogP contribution in [0.25, 0.3) is 0 Å². The minimum Gasteiger partial charge on any atom is -0.481 e. The van der Waals surface area contributed by atoms with Gasteiger partial charge in [-0.15, -0.1) is 0 Å². The molecule has 1 aliphatic heterocycles. The van der Waals surface area contributed by atoms with Gasteiger partial charge in [0.2, 0.25) is 0 Å². The van der Waals surface area contributed by atoms with Crippen molar-refractivity contribution in [1.82, 2.24) is 4.90 Å². The van der Waals surface area contributed by atoms with Gasteiger partial charge in [-0.25, -0.2) is 0 Å². The average molecular weight is 247 g/mol. The number of fused-ring (bicyclic) bond motifs is 2. The first kappa shape index (κ1) is 11.8. The van der Waals surface area contributed by atoms with Gasteiger partial charge in [-0.2, -0.15) is 0 Å². The molecule has 0 radical (unpaired) electrons. The quantitative estimate of drug-likeness (QED) is 0.833. The summed E-state index contributed by atoms with van der Waals surface area (Å²) in [5, 5.41) is 8.91.